The first-order chi connectivity index (χ1) is 11.6. The first-order valence-corrected chi connectivity index (χ1v) is 8.04. The van der Waals surface area contributed by atoms with Crippen molar-refractivity contribution in [3.63, 3.8) is 0 Å². The molecule has 0 aliphatic carbocycles. The molecule has 0 spiro atoms. The van der Waals surface area contributed by atoms with Gasteiger partial charge in [0.05, 0.1) is 0 Å². The minimum atomic E-state index is -0.651. The van der Waals surface area contributed by atoms with E-state index in [2.05, 4.69) is 0 Å². The highest BCUT2D eigenvalue weighted by molar-refractivity contribution is 5.73. The van der Waals surface area contributed by atoms with Crippen molar-refractivity contribution >= 4 is 5.91 Å². The summed E-state index contributed by atoms with van der Waals surface area (Å²) in [5.41, 5.74) is 6.37. The Morgan fingerprint density at radius 1 is 1.08 bits per heavy atom. The quantitative estimate of drug-likeness (QED) is 0.697. The summed E-state index contributed by atoms with van der Waals surface area (Å²) < 4.78 is 5.58. The van der Waals surface area contributed by atoms with Crippen LogP contribution in [0, 0.1) is 0 Å². The van der Waals surface area contributed by atoms with E-state index in [-0.39, 0.29) is 18.9 Å². The predicted molar refractivity (Wildman–Crippen MR) is 93.5 cm³/mol. The number of aliphatic hydroxyl groups is 1. The molecule has 0 saturated carbocycles. The lowest BCUT2D eigenvalue weighted by Gasteiger charge is -2.25. The maximum atomic E-state index is 11.1. The number of aliphatic hydroxyl groups excluding tert-OH is 1. The molecule has 0 bridgehead atoms. The SMILES string of the molecule is NC(=O)CCN(Cc1ccccc1)CC(O)COc1ccccc1. The standard InChI is InChI=1S/C19H24N2O3/c20-19(23)11-12-21(13-16-7-3-1-4-8-16)14-17(22)15-24-18-9-5-2-6-10-18/h1-10,17,22H,11-15H2,(H2,20,23). The predicted octanol–water partition coefficient (Wildman–Crippen LogP) is 1.80. The van der Waals surface area contributed by atoms with Gasteiger partial charge in [0.1, 0.15) is 18.5 Å². The number of rotatable bonds is 10. The molecular weight excluding hydrogens is 304 g/mol. The molecule has 0 aliphatic heterocycles. The first-order valence-electron chi connectivity index (χ1n) is 8.04. The van der Waals surface area contributed by atoms with Crippen molar-refractivity contribution in [1.29, 1.82) is 0 Å². The third kappa shape index (κ3) is 6.81. The molecule has 5 nitrogen and oxygen atoms in total. The van der Waals surface area contributed by atoms with Crippen molar-refractivity contribution < 1.29 is 14.6 Å². The number of nitrogens with zero attached hydrogens (tertiary/aromatic N) is 1. The highest BCUT2D eigenvalue weighted by Crippen LogP contribution is 2.10. The second-order valence-electron chi connectivity index (χ2n) is 5.71. The summed E-state index contributed by atoms with van der Waals surface area (Å²) in [6.07, 6.45) is -0.388. The molecule has 24 heavy (non-hydrogen) atoms. The molecule has 128 valence electrons. The first kappa shape index (κ1) is 18.0. The molecular formula is C19H24N2O3. The number of amides is 1. The third-order valence-electron chi connectivity index (χ3n) is 3.58. The van der Waals surface area contributed by atoms with Crippen LogP contribution in [0.3, 0.4) is 0 Å². The lowest BCUT2D eigenvalue weighted by atomic mass is 10.2. The monoisotopic (exact) mass is 328 g/mol. The van der Waals surface area contributed by atoms with Crippen LogP contribution in [0.25, 0.3) is 0 Å². The highest BCUT2D eigenvalue weighted by Gasteiger charge is 2.14. The average Bonchev–Trinajstić information content (AvgIpc) is 2.60. The van der Waals surface area contributed by atoms with Gasteiger partial charge in [-0.2, -0.15) is 0 Å². The number of ether oxygens (including phenoxy) is 1. The molecule has 0 radical (unpaired) electrons. The molecule has 0 aliphatic rings. The fraction of sp³-hybridized carbons (Fsp3) is 0.316. The van der Waals surface area contributed by atoms with E-state index in [1.165, 1.54) is 0 Å². The Hall–Kier alpha value is -2.37. The van der Waals surface area contributed by atoms with Crippen LogP contribution in [0.5, 0.6) is 5.75 Å². The largest absolute Gasteiger partial charge is 0.491 e. The minimum absolute atomic E-state index is 0.200. The van der Waals surface area contributed by atoms with Crippen LogP contribution in [0.15, 0.2) is 60.7 Å². The van der Waals surface area contributed by atoms with Gasteiger partial charge in [-0.05, 0) is 17.7 Å². The number of benzene rings is 2. The Bertz CT molecular complexity index is 605. The van der Waals surface area contributed by atoms with Crippen molar-refractivity contribution in [2.45, 2.75) is 19.1 Å². The number of para-hydroxylation sites is 1. The fourth-order valence-corrected chi connectivity index (χ4v) is 2.40. The van der Waals surface area contributed by atoms with E-state index in [4.69, 9.17) is 10.5 Å². The van der Waals surface area contributed by atoms with E-state index in [1.54, 1.807) is 0 Å². The lowest BCUT2D eigenvalue weighted by molar-refractivity contribution is -0.118. The fourth-order valence-electron chi connectivity index (χ4n) is 2.40. The topological polar surface area (TPSA) is 75.8 Å². The van der Waals surface area contributed by atoms with Crippen LogP contribution in [0.4, 0.5) is 0 Å². The van der Waals surface area contributed by atoms with Crippen LogP contribution >= 0.6 is 0 Å². The minimum Gasteiger partial charge on any atom is -0.491 e. The van der Waals surface area contributed by atoms with Gasteiger partial charge >= 0.3 is 0 Å². The van der Waals surface area contributed by atoms with E-state index in [0.29, 0.717) is 19.6 Å². The Kier molecular flexibility index (Phi) is 7.26. The van der Waals surface area contributed by atoms with Crippen molar-refractivity contribution in [1.82, 2.24) is 4.90 Å². The van der Waals surface area contributed by atoms with Gasteiger partial charge in [0.15, 0.2) is 0 Å². The Morgan fingerprint density at radius 2 is 1.71 bits per heavy atom. The molecule has 2 aromatic rings. The summed E-state index contributed by atoms with van der Waals surface area (Å²) >= 11 is 0. The number of carbonyl (C=O) groups is 1. The second-order valence-corrected chi connectivity index (χ2v) is 5.71. The van der Waals surface area contributed by atoms with Gasteiger partial charge in [-0.3, -0.25) is 9.69 Å². The van der Waals surface area contributed by atoms with Gasteiger partial charge in [0.25, 0.3) is 0 Å². The van der Waals surface area contributed by atoms with Crippen LogP contribution in [0.2, 0.25) is 0 Å². The summed E-state index contributed by atoms with van der Waals surface area (Å²) in [5, 5.41) is 10.2. The summed E-state index contributed by atoms with van der Waals surface area (Å²) in [5.74, 6) is 0.381. The number of nitrogens with two attached hydrogens (primary N) is 1. The summed E-state index contributed by atoms with van der Waals surface area (Å²) in [7, 11) is 0. The van der Waals surface area contributed by atoms with Crippen molar-refractivity contribution in [2.24, 2.45) is 5.73 Å². The van der Waals surface area contributed by atoms with Gasteiger partial charge in [-0.1, -0.05) is 48.5 Å². The van der Waals surface area contributed by atoms with Crippen LogP contribution in [-0.2, 0) is 11.3 Å². The van der Waals surface area contributed by atoms with Crippen LogP contribution < -0.4 is 10.5 Å². The number of primary amides is 1. The molecule has 1 atom stereocenters. The second kappa shape index (κ2) is 9.70. The molecule has 0 saturated heterocycles. The van der Waals surface area contributed by atoms with E-state index in [1.807, 2.05) is 65.6 Å². The average molecular weight is 328 g/mol. The number of hydrogen-bond acceptors (Lipinski definition) is 4. The van der Waals surface area contributed by atoms with Crippen molar-refractivity contribution in [3.8, 4) is 5.75 Å². The Labute approximate surface area is 142 Å². The summed E-state index contributed by atoms with van der Waals surface area (Å²) in [6, 6.07) is 19.3. The van der Waals surface area contributed by atoms with Gasteiger partial charge in [0.2, 0.25) is 5.91 Å². The lowest BCUT2D eigenvalue weighted by Crippen LogP contribution is -2.37. The molecule has 2 rings (SSSR count). The Morgan fingerprint density at radius 3 is 2.33 bits per heavy atom. The van der Waals surface area contributed by atoms with Crippen molar-refractivity contribution in [3.05, 3.63) is 66.2 Å². The summed E-state index contributed by atoms with van der Waals surface area (Å²) in [6.45, 7) is 1.77. The van der Waals surface area contributed by atoms with Crippen molar-refractivity contribution in [2.75, 3.05) is 19.7 Å². The van der Waals surface area contributed by atoms with E-state index < -0.39 is 6.10 Å². The maximum absolute atomic E-state index is 11.1. The maximum Gasteiger partial charge on any atom is 0.218 e. The van der Waals surface area contributed by atoms with Crippen LogP contribution in [-0.4, -0.2) is 41.7 Å². The van der Waals surface area contributed by atoms with Gasteiger partial charge in [0, 0.05) is 26.1 Å². The zero-order valence-electron chi connectivity index (χ0n) is 13.7. The van der Waals surface area contributed by atoms with E-state index in [0.717, 1.165) is 11.3 Å². The highest BCUT2D eigenvalue weighted by atomic mass is 16.5. The summed E-state index contributed by atoms with van der Waals surface area (Å²) in [4.78, 5) is 13.1. The molecule has 0 aromatic heterocycles. The Balaban J connectivity index is 1.87. The normalized spacial score (nSPS) is 12.1. The molecule has 5 heteroatoms. The smallest absolute Gasteiger partial charge is 0.218 e. The van der Waals surface area contributed by atoms with Gasteiger partial charge < -0.3 is 15.6 Å². The molecule has 0 heterocycles. The molecule has 1 unspecified atom stereocenters. The van der Waals surface area contributed by atoms with Gasteiger partial charge in [-0.15, -0.1) is 0 Å². The third-order valence-corrected chi connectivity index (χ3v) is 3.58. The molecule has 3 N–H and O–H groups in total. The number of carbonyl (C=O) groups excluding carboxylic acids is 1. The molecule has 2 aromatic carbocycles. The molecule has 0 fully saturated rings. The van der Waals surface area contributed by atoms with E-state index in [9.17, 15) is 9.90 Å². The number of hydrogen-bond donors (Lipinski definition) is 2. The van der Waals surface area contributed by atoms with Crippen LogP contribution in [0.1, 0.15) is 12.0 Å². The zero-order valence-corrected chi connectivity index (χ0v) is 13.7. The zero-order chi connectivity index (χ0) is 17.2. The van der Waals surface area contributed by atoms with Gasteiger partial charge in [-0.25, -0.2) is 0 Å². The molecule has 1 amide bonds. The van der Waals surface area contributed by atoms with E-state index >= 15 is 0 Å².